The average molecular weight is 410 g/mol. The Morgan fingerprint density at radius 1 is 1.14 bits per heavy atom. The van der Waals surface area contributed by atoms with Gasteiger partial charge in [-0.2, -0.15) is 5.10 Å². The highest BCUT2D eigenvalue weighted by molar-refractivity contribution is 6.30. The van der Waals surface area contributed by atoms with E-state index in [2.05, 4.69) is 15.4 Å². The van der Waals surface area contributed by atoms with Crippen LogP contribution in [0.1, 0.15) is 43.0 Å². The van der Waals surface area contributed by atoms with Crippen LogP contribution in [0.25, 0.3) is 5.69 Å². The molecule has 1 aliphatic rings. The Morgan fingerprint density at radius 3 is 2.38 bits per heavy atom. The summed E-state index contributed by atoms with van der Waals surface area (Å²) < 4.78 is 1.71. The van der Waals surface area contributed by atoms with Gasteiger partial charge in [0.25, 0.3) is 0 Å². The van der Waals surface area contributed by atoms with E-state index in [1.807, 2.05) is 62.5 Å². The van der Waals surface area contributed by atoms with Crippen LogP contribution < -0.4 is 5.32 Å². The number of aromatic nitrogens is 3. The molecule has 7 heteroatoms. The smallest absolute Gasteiger partial charge is 0.318 e. The molecular weight excluding hydrogens is 386 g/mol. The van der Waals surface area contributed by atoms with Crippen molar-refractivity contribution in [3.05, 3.63) is 77.3 Å². The topological polar surface area (TPSA) is 63.1 Å². The van der Waals surface area contributed by atoms with Gasteiger partial charge in [-0.1, -0.05) is 35.9 Å². The molecular formula is C22H24ClN5O. The number of carbonyl (C=O) groups excluding carboxylic acids is 1. The Bertz CT molecular complexity index is 952. The Kier molecular flexibility index (Phi) is 5.53. The maximum absolute atomic E-state index is 13.0. The fourth-order valence-corrected chi connectivity index (χ4v) is 3.58. The number of nitrogens with one attached hydrogen (secondary N) is 1. The molecule has 0 saturated heterocycles. The second-order valence-corrected chi connectivity index (χ2v) is 7.97. The zero-order valence-electron chi connectivity index (χ0n) is 16.5. The Morgan fingerprint density at radius 2 is 1.79 bits per heavy atom. The van der Waals surface area contributed by atoms with Gasteiger partial charge >= 0.3 is 6.03 Å². The van der Waals surface area contributed by atoms with Crippen LogP contribution in [0.2, 0.25) is 5.02 Å². The molecule has 2 atom stereocenters. The highest BCUT2D eigenvalue weighted by atomic mass is 35.5. The second-order valence-electron chi connectivity index (χ2n) is 7.53. The summed E-state index contributed by atoms with van der Waals surface area (Å²) in [6, 6.07) is 15.6. The zero-order valence-corrected chi connectivity index (χ0v) is 17.3. The standard InChI is InChI=1S/C22H24ClN5O/c1-15(16-7-11-20(12-8-16)28-14-24-13-25-28)27(2)22(29)26-21(17-3-4-17)18-5-9-19(23)10-6-18/h5-15,17,21H,3-4H2,1-2H3,(H,26,29). The van der Waals surface area contributed by atoms with Crippen molar-refractivity contribution in [2.75, 3.05) is 7.05 Å². The fourth-order valence-electron chi connectivity index (χ4n) is 3.45. The average Bonchev–Trinajstić information content (AvgIpc) is 3.44. The summed E-state index contributed by atoms with van der Waals surface area (Å²) >= 11 is 6.02. The molecule has 1 N–H and O–H groups in total. The molecule has 2 amide bonds. The van der Waals surface area contributed by atoms with Gasteiger partial charge < -0.3 is 10.2 Å². The Hall–Kier alpha value is -2.86. The van der Waals surface area contributed by atoms with E-state index in [0.29, 0.717) is 10.9 Å². The molecule has 29 heavy (non-hydrogen) atoms. The molecule has 3 aromatic rings. The maximum atomic E-state index is 13.0. The first kappa shape index (κ1) is 19.5. The van der Waals surface area contributed by atoms with E-state index in [4.69, 9.17) is 11.6 Å². The third kappa shape index (κ3) is 4.43. The van der Waals surface area contributed by atoms with Crippen molar-refractivity contribution in [1.82, 2.24) is 25.0 Å². The molecule has 0 aliphatic heterocycles. The van der Waals surface area contributed by atoms with Gasteiger partial charge in [-0.3, -0.25) is 0 Å². The van der Waals surface area contributed by atoms with Gasteiger partial charge in [0, 0.05) is 12.1 Å². The summed E-state index contributed by atoms with van der Waals surface area (Å²) in [5.41, 5.74) is 3.09. The number of halogens is 1. The number of hydrogen-bond donors (Lipinski definition) is 1. The predicted molar refractivity (Wildman–Crippen MR) is 113 cm³/mol. The highest BCUT2D eigenvalue weighted by Gasteiger charge is 2.34. The van der Waals surface area contributed by atoms with Crippen LogP contribution in [-0.2, 0) is 0 Å². The lowest BCUT2D eigenvalue weighted by molar-refractivity contribution is 0.189. The third-order valence-corrected chi connectivity index (χ3v) is 5.81. The van der Waals surface area contributed by atoms with Crippen LogP contribution in [0, 0.1) is 5.92 Å². The number of hydrogen-bond acceptors (Lipinski definition) is 3. The minimum absolute atomic E-state index is 0.0177. The SMILES string of the molecule is CC(c1ccc(-n2cncn2)cc1)N(C)C(=O)NC(c1ccc(Cl)cc1)C1CC1. The number of amides is 2. The van der Waals surface area contributed by atoms with Gasteiger partial charge in [0.1, 0.15) is 12.7 Å². The van der Waals surface area contributed by atoms with Crippen molar-refractivity contribution >= 4 is 17.6 Å². The molecule has 2 aromatic carbocycles. The van der Waals surface area contributed by atoms with Crippen molar-refractivity contribution in [2.45, 2.75) is 31.8 Å². The first-order valence-corrected chi connectivity index (χ1v) is 10.1. The monoisotopic (exact) mass is 409 g/mol. The van der Waals surface area contributed by atoms with Gasteiger partial charge in [-0.25, -0.2) is 14.5 Å². The summed E-state index contributed by atoms with van der Waals surface area (Å²) in [6.45, 7) is 2.03. The molecule has 1 aliphatic carbocycles. The summed E-state index contributed by atoms with van der Waals surface area (Å²) in [7, 11) is 1.83. The lowest BCUT2D eigenvalue weighted by Crippen LogP contribution is -2.41. The normalized spacial score (nSPS) is 15.6. The molecule has 2 unspecified atom stereocenters. The van der Waals surface area contributed by atoms with Gasteiger partial charge in [-0.15, -0.1) is 0 Å². The number of carbonyl (C=O) groups is 1. The van der Waals surface area contributed by atoms with Crippen molar-refractivity contribution in [1.29, 1.82) is 0 Å². The molecule has 0 spiro atoms. The van der Waals surface area contributed by atoms with Gasteiger partial charge in [0.2, 0.25) is 0 Å². The van der Waals surface area contributed by atoms with Crippen LogP contribution in [0.4, 0.5) is 4.79 Å². The summed E-state index contributed by atoms with van der Waals surface area (Å²) in [5.74, 6) is 0.491. The Labute approximate surface area is 175 Å². The second kappa shape index (κ2) is 8.25. The quantitative estimate of drug-likeness (QED) is 0.637. The van der Waals surface area contributed by atoms with E-state index < -0.39 is 0 Å². The van der Waals surface area contributed by atoms with Gasteiger partial charge in [0.15, 0.2) is 0 Å². The third-order valence-electron chi connectivity index (χ3n) is 5.56. The lowest BCUT2D eigenvalue weighted by atomic mass is 10.0. The molecule has 0 bridgehead atoms. The van der Waals surface area contributed by atoms with Crippen molar-refractivity contribution in [3.63, 3.8) is 0 Å². The fraction of sp³-hybridized carbons (Fsp3) is 0.318. The van der Waals surface area contributed by atoms with Crippen molar-refractivity contribution in [3.8, 4) is 5.69 Å². The van der Waals surface area contributed by atoms with Gasteiger partial charge in [0.05, 0.1) is 17.8 Å². The number of benzene rings is 2. The van der Waals surface area contributed by atoms with E-state index >= 15 is 0 Å². The minimum atomic E-state index is -0.0790. The van der Waals surface area contributed by atoms with Crippen LogP contribution in [0.3, 0.4) is 0 Å². The van der Waals surface area contributed by atoms with E-state index in [1.54, 1.807) is 15.9 Å². The van der Waals surface area contributed by atoms with E-state index in [-0.39, 0.29) is 18.1 Å². The van der Waals surface area contributed by atoms with Gasteiger partial charge in [-0.05, 0) is 61.1 Å². The van der Waals surface area contributed by atoms with Crippen LogP contribution in [-0.4, -0.2) is 32.7 Å². The number of nitrogens with zero attached hydrogens (tertiary/aromatic N) is 4. The zero-order chi connectivity index (χ0) is 20.4. The molecule has 0 radical (unpaired) electrons. The molecule has 6 nitrogen and oxygen atoms in total. The van der Waals surface area contributed by atoms with E-state index in [9.17, 15) is 4.79 Å². The Balaban J connectivity index is 1.44. The molecule has 4 rings (SSSR count). The molecule has 1 heterocycles. The van der Waals surface area contributed by atoms with E-state index in [0.717, 1.165) is 29.7 Å². The summed E-state index contributed by atoms with van der Waals surface area (Å²) in [5, 5.41) is 8.06. The number of rotatable bonds is 6. The van der Waals surface area contributed by atoms with E-state index in [1.165, 1.54) is 6.33 Å². The van der Waals surface area contributed by atoms with Crippen molar-refractivity contribution < 1.29 is 4.79 Å². The summed E-state index contributed by atoms with van der Waals surface area (Å²) in [4.78, 5) is 18.7. The predicted octanol–water partition coefficient (Wildman–Crippen LogP) is 4.77. The van der Waals surface area contributed by atoms with Crippen molar-refractivity contribution in [2.24, 2.45) is 5.92 Å². The lowest BCUT2D eigenvalue weighted by Gasteiger charge is -2.29. The number of urea groups is 1. The van der Waals surface area contributed by atoms with Crippen LogP contribution in [0.5, 0.6) is 0 Å². The summed E-state index contributed by atoms with van der Waals surface area (Å²) in [6.07, 6.45) is 5.44. The molecule has 1 aromatic heterocycles. The highest BCUT2D eigenvalue weighted by Crippen LogP contribution is 2.41. The first-order chi connectivity index (χ1) is 14.0. The molecule has 150 valence electrons. The minimum Gasteiger partial charge on any atom is -0.331 e. The first-order valence-electron chi connectivity index (χ1n) is 9.76. The largest absolute Gasteiger partial charge is 0.331 e. The molecule has 1 saturated carbocycles. The van der Waals surface area contributed by atoms with Crippen LogP contribution >= 0.6 is 11.6 Å². The molecule has 1 fully saturated rings. The maximum Gasteiger partial charge on any atom is 0.318 e. The van der Waals surface area contributed by atoms with Crippen LogP contribution in [0.15, 0.2) is 61.2 Å².